The maximum absolute atomic E-state index is 13.5. The number of H-pyrrole nitrogens is 1. The Morgan fingerprint density at radius 2 is 2.00 bits per heavy atom. The highest BCUT2D eigenvalue weighted by Crippen LogP contribution is 2.18. The zero-order valence-electron chi connectivity index (χ0n) is 15.3. The molecule has 0 bridgehead atoms. The number of hydrogen-bond donors (Lipinski definition) is 2. The summed E-state index contributed by atoms with van der Waals surface area (Å²) in [5.41, 5.74) is 2.44. The third-order valence-corrected chi connectivity index (χ3v) is 4.37. The molecule has 0 aliphatic rings. The number of carbonyl (C=O) groups excluding carboxylic acids is 1. The lowest BCUT2D eigenvalue weighted by Crippen LogP contribution is -2.34. The molecule has 2 N–H and O–H groups in total. The maximum Gasteiger partial charge on any atom is 0.251 e. The lowest BCUT2D eigenvalue weighted by molar-refractivity contribution is 0.0942. The fraction of sp³-hybridized carbons (Fsp3) is 0.250. The van der Waals surface area contributed by atoms with Crippen LogP contribution >= 0.6 is 0 Å². The number of hydrogen-bond acceptors (Lipinski definition) is 4. The zero-order valence-corrected chi connectivity index (χ0v) is 15.3. The van der Waals surface area contributed by atoms with Crippen molar-refractivity contribution in [1.29, 1.82) is 0 Å². The minimum Gasteiger partial charge on any atom is -0.350 e. The predicted molar refractivity (Wildman–Crippen MR) is 101 cm³/mol. The molecule has 0 fully saturated rings. The average Bonchev–Trinajstić information content (AvgIpc) is 3.15. The fourth-order valence-electron chi connectivity index (χ4n) is 2.89. The SMILES string of the molecule is CN(C)C(CNC(=O)c1ccc(Cc2ncn[nH]2)cc1)c1cccc(F)c1. The van der Waals surface area contributed by atoms with Gasteiger partial charge in [0.25, 0.3) is 5.91 Å². The predicted octanol–water partition coefficient (Wildman–Crippen LogP) is 2.57. The van der Waals surface area contributed by atoms with E-state index in [4.69, 9.17) is 0 Å². The number of nitrogens with zero attached hydrogens (tertiary/aromatic N) is 3. The van der Waals surface area contributed by atoms with Crippen LogP contribution in [0.4, 0.5) is 4.39 Å². The third kappa shape index (κ3) is 4.98. The van der Waals surface area contributed by atoms with Crippen molar-refractivity contribution in [3.63, 3.8) is 0 Å². The van der Waals surface area contributed by atoms with E-state index in [-0.39, 0.29) is 17.8 Å². The molecule has 0 saturated carbocycles. The molecule has 7 heteroatoms. The van der Waals surface area contributed by atoms with Crippen molar-refractivity contribution < 1.29 is 9.18 Å². The molecule has 6 nitrogen and oxygen atoms in total. The Morgan fingerprint density at radius 3 is 2.63 bits per heavy atom. The molecule has 0 saturated heterocycles. The van der Waals surface area contributed by atoms with E-state index in [0.29, 0.717) is 18.5 Å². The van der Waals surface area contributed by atoms with E-state index in [0.717, 1.165) is 17.0 Å². The number of likely N-dealkylation sites (N-methyl/N-ethyl adjacent to an activating group) is 1. The molecule has 1 atom stereocenters. The lowest BCUT2D eigenvalue weighted by atomic mass is 10.1. The van der Waals surface area contributed by atoms with Crippen LogP contribution in [0.3, 0.4) is 0 Å². The number of aromatic nitrogens is 3. The molecule has 3 rings (SSSR count). The summed E-state index contributed by atoms with van der Waals surface area (Å²) in [5.74, 6) is 0.327. The Kier molecular flexibility index (Phi) is 5.93. The van der Waals surface area contributed by atoms with Crippen molar-refractivity contribution in [2.24, 2.45) is 0 Å². The van der Waals surface area contributed by atoms with E-state index in [9.17, 15) is 9.18 Å². The van der Waals surface area contributed by atoms with Gasteiger partial charge in [-0.1, -0.05) is 24.3 Å². The molecular weight excluding hydrogens is 345 g/mol. The highest BCUT2D eigenvalue weighted by Gasteiger charge is 2.16. The van der Waals surface area contributed by atoms with E-state index in [1.165, 1.54) is 18.5 Å². The van der Waals surface area contributed by atoms with Crippen molar-refractivity contribution in [2.75, 3.05) is 20.6 Å². The van der Waals surface area contributed by atoms with E-state index in [2.05, 4.69) is 20.5 Å². The smallest absolute Gasteiger partial charge is 0.251 e. The summed E-state index contributed by atoms with van der Waals surface area (Å²) in [5, 5.41) is 9.57. The molecule has 1 aromatic heterocycles. The first-order chi connectivity index (χ1) is 13.0. The van der Waals surface area contributed by atoms with Crippen molar-refractivity contribution in [1.82, 2.24) is 25.4 Å². The van der Waals surface area contributed by atoms with Gasteiger partial charge in [-0.2, -0.15) is 5.10 Å². The van der Waals surface area contributed by atoms with Gasteiger partial charge < -0.3 is 10.2 Å². The summed E-state index contributed by atoms with van der Waals surface area (Å²) in [6.07, 6.45) is 2.10. The van der Waals surface area contributed by atoms with E-state index < -0.39 is 0 Å². The van der Waals surface area contributed by atoms with Crippen LogP contribution in [0.25, 0.3) is 0 Å². The standard InChI is InChI=1S/C20H22FN5O/c1-26(2)18(16-4-3-5-17(21)11-16)12-22-20(27)15-8-6-14(7-9-15)10-19-23-13-24-25-19/h3-9,11,13,18H,10,12H2,1-2H3,(H,22,27)(H,23,24,25). The number of rotatable bonds is 7. The lowest BCUT2D eigenvalue weighted by Gasteiger charge is -2.25. The second kappa shape index (κ2) is 8.55. The van der Waals surface area contributed by atoms with Crippen molar-refractivity contribution in [3.8, 4) is 0 Å². The summed E-state index contributed by atoms with van der Waals surface area (Å²) in [4.78, 5) is 18.5. The number of benzene rings is 2. The van der Waals surface area contributed by atoms with Gasteiger partial charge in [0.1, 0.15) is 18.0 Å². The number of carbonyl (C=O) groups is 1. The molecule has 3 aromatic rings. The topological polar surface area (TPSA) is 73.9 Å². The van der Waals surface area contributed by atoms with Crippen LogP contribution in [0.15, 0.2) is 54.9 Å². The molecule has 27 heavy (non-hydrogen) atoms. The van der Waals surface area contributed by atoms with Gasteiger partial charge in [-0.15, -0.1) is 0 Å². The largest absolute Gasteiger partial charge is 0.350 e. The summed E-state index contributed by atoms with van der Waals surface area (Å²) in [7, 11) is 3.81. The molecule has 1 amide bonds. The molecular formula is C20H22FN5O. The number of amides is 1. The van der Waals surface area contributed by atoms with E-state index >= 15 is 0 Å². The monoisotopic (exact) mass is 367 g/mol. The van der Waals surface area contributed by atoms with Gasteiger partial charge >= 0.3 is 0 Å². The number of halogens is 1. The van der Waals surface area contributed by atoms with E-state index in [1.54, 1.807) is 18.2 Å². The minimum atomic E-state index is -0.284. The third-order valence-electron chi connectivity index (χ3n) is 4.37. The normalized spacial score (nSPS) is 12.1. The summed E-state index contributed by atoms with van der Waals surface area (Å²) in [6.45, 7) is 0.384. The molecule has 1 unspecified atom stereocenters. The first-order valence-corrected chi connectivity index (χ1v) is 8.66. The Morgan fingerprint density at radius 1 is 1.22 bits per heavy atom. The van der Waals surface area contributed by atoms with Crippen LogP contribution in [-0.4, -0.2) is 46.6 Å². The Labute approximate surface area is 157 Å². The van der Waals surface area contributed by atoms with Gasteiger partial charge in [0.2, 0.25) is 0 Å². The van der Waals surface area contributed by atoms with Gasteiger partial charge in [0.15, 0.2) is 0 Å². The highest BCUT2D eigenvalue weighted by molar-refractivity contribution is 5.94. The molecule has 2 aromatic carbocycles. The minimum absolute atomic E-state index is 0.115. The summed E-state index contributed by atoms with van der Waals surface area (Å²) < 4.78 is 13.5. The van der Waals surface area contributed by atoms with Crippen LogP contribution < -0.4 is 5.32 Å². The van der Waals surface area contributed by atoms with Gasteiger partial charge in [-0.25, -0.2) is 9.37 Å². The van der Waals surface area contributed by atoms with Crippen LogP contribution in [0.1, 0.15) is 33.4 Å². The van der Waals surface area contributed by atoms with Crippen LogP contribution in [0.2, 0.25) is 0 Å². The highest BCUT2D eigenvalue weighted by atomic mass is 19.1. The van der Waals surface area contributed by atoms with Crippen molar-refractivity contribution in [2.45, 2.75) is 12.5 Å². The van der Waals surface area contributed by atoms with E-state index in [1.807, 2.05) is 37.2 Å². The van der Waals surface area contributed by atoms with Gasteiger partial charge in [0.05, 0.1) is 6.04 Å². The summed E-state index contributed by atoms with van der Waals surface area (Å²) >= 11 is 0. The number of nitrogens with one attached hydrogen (secondary N) is 2. The van der Waals surface area contributed by atoms with Gasteiger partial charge in [0, 0.05) is 18.5 Å². The molecule has 0 radical (unpaired) electrons. The zero-order chi connectivity index (χ0) is 19.2. The Hall–Kier alpha value is -3.06. The van der Waals surface area contributed by atoms with Crippen LogP contribution in [-0.2, 0) is 6.42 Å². The van der Waals surface area contributed by atoms with Crippen LogP contribution in [0.5, 0.6) is 0 Å². The average molecular weight is 367 g/mol. The van der Waals surface area contributed by atoms with Gasteiger partial charge in [-0.05, 0) is 49.5 Å². The maximum atomic E-state index is 13.5. The van der Waals surface area contributed by atoms with Gasteiger partial charge in [-0.3, -0.25) is 9.89 Å². The fourth-order valence-corrected chi connectivity index (χ4v) is 2.89. The molecule has 0 aliphatic carbocycles. The second-order valence-corrected chi connectivity index (χ2v) is 6.55. The molecule has 1 heterocycles. The van der Waals surface area contributed by atoms with Crippen molar-refractivity contribution >= 4 is 5.91 Å². The first-order valence-electron chi connectivity index (χ1n) is 8.66. The van der Waals surface area contributed by atoms with Crippen LogP contribution in [0, 0.1) is 5.82 Å². The first kappa shape index (κ1) is 18.7. The Bertz CT molecular complexity index is 878. The summed E-state index contributed by atoms with van der Waals surface area (Å²) in [6, 6.07) is 13.7. The van der Waals surface area contributed by atoms with Crippen molar-refractivity contribution in [3.05, 3.63) is 83.2 Å². The Balaban J connectivity index is 1.62. The molecule has 0 spiro atoms. The second-order valence-electron chi connectivity index (χ2n) is 6.55. The molecule has 140 valence electrons. The quantitative estimate of drug-likeness (QED) is 0.673. The molecule has 0 aliphatic heterocycles. The number of aromatic amines is 1.